The summed E-state index contributed by atoms with van der Waals surface area (Å²) in [6.45, 7) is 14.1. The van der Waals surface area contributed by atoms with Crippen molar-refractivity contribution in [2.75, 3.05) is 4.90 Å². The largest absolute Gasteiger partial charge is 0.507 e. The summed E-state index contributed by atoms with van der Waals surface area (Å²) in [7, 11) is 0. The lowest BCUT2D eigenvalue weighted by Gasteiger charge is -2.27. The van der Waals surface area contributed by atoms with Crippen LogP contribution in [0.5, 0.6) is 11.5 Å². The number of carbonyl (C=O) groups excluding carboxylic acids is 2. The van der Waals surface area contributed by atoms with Crippen LogP contribution in [0.1, 0.15) is 71.2 Å². The van der Waals surface area contributed by atoms with Crippen LogP contribution in [-0.2, 0) is 15.0 Å². The van der Waals surface area contributed by atoms with Crippen molar-refractivity contribution in [3.8, 4) is 11.5 Å². The number of anilines is 1. The van der Waals surface area contributed by atoms with Crippen LogP contribution in [0, 0.1) is 0 Å². The second kappa shape index (κ2) is 11.0. The number of benzene rings is 3. The van der Waals surface area contributed by atoms with Gasteiger partial charge in [0.25, 0.3) is 11.7 Å². The summed E-state index contributed by atoms with van der Waals surface area (Å²) in [6.07, 6.45) is 0.00639. The summed E-state index contributed by atoms with van der Waals surface area (Å²) < 4.78 is 11.5. The zero-order chi connectivity index (χ0) is 28.5. The van der Waals surface area contributed by atoms with Crippen LogP contribution in [0.15, 0.2) is 78.4 Å². The predicted molar refractivity (Wildman–Crippen MR) is 154 cm³/mol. The summed E-state index contributed by atoms with van der Waals surface area (Å²) in [5.74, 6) is -0.335. The van der Waals surface area contributed by atoms with Crippen molar-refractivity contribution in [3.05, 3.63) is 95.1 Å². The molecule has 1 saturated heterocycles. The van der Waals surface area contributed by atoms with Gasteiger partial charge in [-0.25, -0.2) is 0 Å². The molecule has 3 aromatic carbocycles. The molecule has 0 aliphatic carbocycles. The first-order valence-electron chi connectivity index (χ1n) is 13.3. The number of aliphatic hydroxyl groups is 1. The lowest BCUT2D eigenvalue weighted by molar-refractivity contribution is -0.132. The minimum Gasteiger partial charge on any atom is -0.507 e. The van der Waals surface area contributed by atoms with Crippen LogP contribution < -0.4 is 14.4 Å². The van der Waals surface area contributed by atoms with Gasteiger partial charge in [-0.1, -0.05) is 45.0 Å². The van der Waals surface area contributed by atoms with Gasteiger partial charge in [-0.05, 0) is 92.8 Å². The van der Waals surface area contributed by atoms with Crippen molar-refractivity contribution in [1.82, 2.24) is 0 Å². The Labute approximate surface area is 230 Å². The van der Waals surface area contributed by atoms with E-state index in [1.807, 2.05) is 52.0 Å². The highest BCUT2D eigenvalue weighted by molar-refractivity contribution is 6.51. The maximum Gasteiger partial charge on any atom is 0.300 e. The Bertz CT molecular complexity index is 1360. The third kappa shape index (κ3) is 6.00. The zero-order valence-corrected chi connectivity index (χ0v) is 23.7. The molecule has 1 unspecified atom stereocenters. The smallest absolute Gasteiger partial charge is 0.300 e. The number of Topliss-reactive ketones (excluding diaryl/α,β-unsaturated/α-hetero) is 1. The van der Waals surface area contributed by atoms with E-state index in [9.17, 15) is 14.7 Å². The Kier molecular flexibility index (Phi) is 7.86. The van der Waals surface area contributed by atoms with Gasteiger partial charge in [0.2, 0.25) is 0 Å². The molecule has 0 saturated carbocycles. The topological polar surface area (TPSA) is 76.1 Å². The SMILES string of the molecule is CC(C)Oc1ccc(/C(O)=C2/C(=O)C(=O)N(c3ccc(OC(C)C)cc3)C2c2ccc(C(C)(C)C)cc2)cc1. The van der Waals surface area contributed by atoms with Crippen molar-refractivity contribution >= 4 is 23.1 Å². The molecule has 204 valence electrons. The maximum absolute atomic E-state index is 13.5. The quantitative estimate of drug-likeness (QED) is 0.200. The fraction of sp³-hybridized carbons (Fsp3) is 0.333. The summed E-state index contributed by atoms with van der Waals surface area (Å²) in [5, 5.41) is 11.4. The molecule has 1 aliphatic heterocycles. The number of hydrogen-bond acceptors (Lipinski definition) is 5. The number of hydrogen-bond donors (Lipinski definition) is 1. The summed E-state index contributed by atoms with van der Waals surface area (Å²) >= 11 is 0. The molecule has 6 nitrogen and oxygen atoms in total. The van der Waals surface area contributed by atoms with Gasteiger partial charge in [-0.3, -0.25) is 14.5 Å². The molecule has 1 fully saturated rings. The molecule has 1 heterocycles. The van der Waals surface area contributed by atoms with Crippen LogP contribution >= 0.6 is 0 Å². The molecule has 1 atom stereocenters. The second-order valence-corrected chi connectivity index (χ2v) is 11.4. The highest BCUT2D eigenvalue weighted by Crippen LogP contribution is 2.43. The van der Waals surface area contributed by atoms with Crippen molar-refractivity contribution in [1.29, 1.82) is 0 Å². The second-order valence-electron chi connectivity index (χ2n) is 11.4. The maximum atomic E-state index is 13.5. The number of aliphatic hydroxyl groups excluding tert-OH is 1. The normalized spacial score (nSPS) is 17.3. The third-order valence-corrected chi connectivity index (χ3v) is 6.52. The number of amides is 1. The fourth-order valence-electron chi connectivity index (χ4n) is 4.66. The van der Waals surface area contributed by atoms with E-state index >= 15 is 0 Å². The van der Waals surface area contributed by atoms with E-state index < -0.39 is 17.7 Å². The number of rotatable bonds is 7. The summed E-state index contributed by atoms with van der Waals surface area (Å²) in [5.41, 5.74) is 2.81. The number of ketones is 1. The Balaban J connectivity index is 1.83. The van der Waals surface area contributed by atoms with Gasteiger partial charge in [0.05, 0.1) is 23.8 Å². The predicted octanol–water partition coefficient (Wildman–Crippen LogP) is 7.18. The molecule has 1 aliphatic rings. The van der Waals surface area contributed by atoms with Gasteiger partial charge in [0.15, 0.2) is 0 Å². The van der Waals surface area contributed by atoms with Gasteiger partial charge in [-0.15, -0.1) is 0 Å². The zero-order valence-electron chi connectivity index (χ0n) is 23.7. The highest BCUT2D eigenvalue weighted by atomic mass is 16.5. The average Bonchev–Trinajstić information content (AvgIpc) is 3.13. The Morgan fingerprint density at radius 3 is 1.72 bits per heavy atom. The molecule has 0 spiro atoms. The Hall–Kier alpha value is -4.06. The first-order chi connectivity index (χ1) is 18.4. The van der Waals surface area contributed by atoms with Gasteiger partial charge < -0.3 is 14.6 Å². The van der Waals surface area contributed by atoms with Gasteiger partial charge in [0, 0.05) is 11.3 Å². The van der Waals surface area contributed by atoms with Gasteiger partial charge in [0.1, 0.15) is 17.3 Å². The highest BCUT2D eigenvalue weighted by Gasteiger charge is 2.47. The fourth-order valence-corrected chi connectivity index (χ4v) is 4.66. The molecule has 1 amide bonds. The van der Waals surface area contributed by atoms with E-state index in [0.717, 1.165) is 11.1 Å². The van der Waals surface area contributed by atoms with Crippen LogP contribution in [-0.4, -0.2) is 29.0 Å². The monoisotopic (exact) mass is 527 g/mol. The van der Waals surface area contributed by atoms with E-state index in [2.05, 4.69) is 20.8 Å². The molecule has 4 rings (SSSR count). The first kappa shape index (κ1) is 28.0. The number of nitrogens with zero attached hydrogens (tertiary/aromatic N) is 1. The Morgan fingerprint density at radius 1 is 0.769 bits per heavy atom. The minimum atomic E-state index is -0.803. The van der Waals surface area contributed by atoms with E-state index in [1.54, 1.807) is 48.5 Å². The lowest BCUT2D eigenvalue weighted by Crippen LogP contribution is -2.29. The molecule has 6 heteroatoms. The molecular formula is C33H37NO5. The standard InChI is InChI=1S/C33H37NO5/c1-20(2)38-26-16-10-23(11-17-26)30(35)28-29(22-8-12-24(13-9-22)33(5,6)7)34(32(37)31(28)36)25-14-18-27(19-15-25)39-21(3)4/h8-21,29,35H,1-7H3/b30-28-. The number of ether oxygens (including phenoxy) is 2. The minimum absolute atomic E-state index is 0.00293. The van der Waals surface area contributed by atoms with Crippen molar-refractivity contribution in [3.63, 3.8) is 0 Å². The van der Waals surface area contributed by atoms with E-state index in [-0.39, 0.29) is 29.0 Å². The van der Waals surface area contributed by atoms with E-state index in [0.29, 0.717) is 22.7 Å². The van der Waals surface area contributed by atoms with Gasteiger partial charge in [-0.2, -0.15) is 0 Å². The molecule has 0 aromatic heterocycles. The van der Waals surface area contributed by atoms with Crippen molar-refractivity contribution in [2.24, 2.45) is 0 Å². The van der Waals surface area contributed by atoms with E-state index in [4.69, 9.17) is 9.47 Å². The average molecular weight is 528 g/mol. The molecule has 0 radical (unpaired) electrons. The summed E-state index contributed by atoms with van der Waals surface area (Å²) in [6, 6.07) is 21.0. The Morgan fingerprint density at radius 2 is 1.26 bits per heavy atom. The van der Waals surface area contributed by atoms with Crippen LogP contribution in [0.25, 0.3) is 5.76 Å². The van der Waals surface area contributed by atoms with E-state index in [1.165, 1.54) is 4.90 Å². The van der Waals surface area contributed by atoms with Crippen LogP contribution in [0.4, 0.5) is 5.69 Å². The molecule has 0 bridgehead atoms. The lowest BCUT2D eigenvalue weighted by atomic mass is 9.85. The molecule has 3 aromatic rings. The van der Waals surface area contributed by atoms with Crippen molar-refractivity contribution in [2.45, 2.75) is 72.1 Å². The molecular weight excluding hydrogens is 490 g/mol. The summed E-state index contributed by atoms with van der Waals surface area (Å²) in [4.78, 5) is 28.4. The van der Waals surface area contributed by atoms with Crippen LogP contribution in [0.2, 0.25) is 0 Å². The van der Waals surface area contributed by atoms with Crippen LogP contribution in [0.3, 0.4) is 0 Å². The third-order valence-electron chi connectivity index (χ3n) is 6.52. The molecule has 39 heavy (non-hydrogen) atoms. The van der Waals surface area contributed by atoms with Crippen molar-refractivity contribution < 1.29 is 24.2 Å². The van der Waals surface area contributed by atoms with Gasteiger partial charge >= 0.3 is 0 Å². The first-order valence-corrected chi connectivity index (χ1v) is 13.3. The number of carbonyl (C=O) groups is 2. The molecule has 1 N–H and O–H groups in total.